The van der Waals surface area contributed by atoms with E-state index in [4.69, 9.17) is 0 Å². The molecular weight excluding hydrogens is 224 g/mol. The molecule has 86 valence electrons. The van der Waals surface area contributed by atoms with Gasteiger partial charge in [0.25, 0.3) is 0 Å². The van der Waals surface area contributed by atoms with Gasteiger partial charge in [0.2, 0.25) is 0 Å². The summed E-state index contributed by atoms with van der Waals surface area (Å²) >= 11 is 0. The first-order chi connectivity index (χ1) is 8.88. The average molecular weight is 234 g/mol. The van der Waals surface area contributed by atoms with Crippen molar-refractivity contribution < 1.29 is 4.79 Å². The Morgan fingerprint density at radius 1 is 0.944 bits per heavy atom. The van der Waals surface area contributed by atoms with Crippen LogP contribution in [0.1, 0.15) is 10.4 Å². The lowest BCUT2D eigenvalue weighted by Gasteiger charge is -2.04. The van der Waals surface area contributed by atoms with Gasteiger partial charge in [-0.25, -0.2) is 4.98 Å². The van der Waals surface area contributed by atoms with E-state index < -0.39 is 0 Å². The normalized spacial score (nSPS) is 10.4. The minimum Gasteiger partial charge on any atom is -0.298 e. The van der Waals surface area contributed by atoms with Crippen molar-refractivity contribution in [3.63, 3.8) is 0 Å². The molecule has 0 saturated carbocycles. The highest BCUT2D eigenvalue weighted by molar-refractivity contribution is 5.97. The molecule has 0 fully saturated rings. The molecule has 0 amide bonds. The molecule has 0 aliphatic heterocycles. The van der Waals surface area contributed by atoms with Crippen molar-refractivity contribution in [2.24, 2.45) is 0 Å². The van der Waals surface area contributed by atoms with Crippen LogP contribution >= 0.6 is 0 Å². The minimum atomic E-state index is 0.640. The van der Waals surface area contributed by atoms with Gasteiger partial charge in [0.05, 0.1) is 16.9 Å². The lowest BCUT2D eigenvalue weighted by molar-refractivity contribution is 0.112. The molecule has 2 heterocycles. The number of hydrogen-bond acceptors (Lipinski definition) is 3. The van der Waals surface area contributed by atoms with Crippen molar-refractivity contribution in [2.75, 3.05) is 0 Å². The standard InChI is InChI=1S/C15H10N2O/c18-10-11-9-15(14-7-3-4-8-16-14)17-13-6-2-1-5-12(11)13/h1-10H. The predicted molar refractivity (Wildman–Crippen MR) is 70.4 cm³/mol. The number of pyridine rings is 2. The Kier molecular flexibility index (Phi) is 2.57. The summed E-state index contributed by atoms with van der Waals surface area (Å²) in [6, 6.07) is 15.0. The first-order valence-electron chi connectivity index (χ1n) is 5.65. The number of aromatic nitrogens is 2. The summed E-state index contributed by atoms with van der Waals surface area (Å²) in [5, 5.41) is 0.868. The zero-order valence-electron chi connectivity index (χ0n) is 9.58. The zero-order valence-corrected chi connectivity index (χ0v) is 9.58. The van der Waals surface area contributed by atoms with Gasteiger partial charge in [0, 0.05) is 17.1 Å². The number of para-hydroxylation sites is 1. The summed E-state index contributed by atoms with van der Waals surface area (Å²) in [6.45, 7) is 0. The van der Waals surface area contributed by atoms with Crippen molar-refractivity contribution in [3.8, 4) is 11.4 Å². The van der Waals surface area contributed by atoms with E-state index in [1.807, 2.05) is 42.5 Å². The number of hydrogen-bond donors (Lipinski definition) is 0. The Labute approximate surface area is 104 Å². The third-order valence-corrected chi connectivity index (χ3v) is 2.80. The van der Waals surface area contributed by atoms with Gasteiger partial charge in [-0.1, -0.05) is 24.3 Å². The molecule has 3 rings (SSSR count). The molecule has 0 spiro atoms. The number of fused-ring (bicyclic) bond motifs is 1. The number of carbonyl (C=O) groups excluding carboxylic acids is 1. The first kappa shape index (κ1) is 10.6. The largest absolute Gasteiger partial charge is 0.298 e. The second kappa shape index (κ2) is 4.37. The van der Waals surface area contributed by atoms with Crippen LogP contribution in [0.25, 0.3) is 22.3 Å². The van der Waals surface area contributed by atoms with E-state index in [0.717, 1.165) is 28.6 Å². The Morgan fingerprint density at radius 3 is 2.56 bits per heavy atom. The molecule has 2 aromatic heterocycles. The maximum absolute atomic E-state index is 11.2. The van der Waals surface area contributed by atoms with Gasteiger partial charge in [-0.15, -0.1) is 0 Å². The number of benzene rings is 1. The fourth-order valence-electron chi connectivity index (χ4n) is 1.95. The molecule has 3 aromatic rings. The van der Waals surface area contributed by atoms with Crippen molar-refractivity contribution >= 4 is 17.2 Å². The van der Waals surface area contributed by atoms with E-state index >= 15 is 0 Å². The summed E-state index contributed by atoms with van der Waals surface area (Å²) in [4.78, 5) is 19.9. The summed E-state index contributed by atoms with van der Waals surface area (Å²) in [5.74, 6) is 0. The lowest BCUT2D eigenvalue weighted by Crippen LogP contribution is -1.92. The molecule has 0 aliphatic rings. The fourth-order valence-corrected chi connectivity index (χ4v) is 1.95. The SMILES string of the molecule is O=Cc1cc(-c2ccccn2)nc2ccccc12. The molecule has 3 heteroatoms. The fraction of sp³-hybridized carbons (Fsp3) is 0. The van der Waals surface area contributed by atoms with Gasteiger partial charge >= 0.3 is 0 Å². The third-order valence-electron chi connectivity index (χ3n) is 2.80. The highest BCUT2D eigenvalue weighted by atomic mass is 16.1. The van der Waals surface area contributed by atoms with Crippen LogP contribution in [0.5, 0.6) is 0 Å². The molecule has 18 heavy (non-hydrogen) atoms. The van der Waals surface area contributed by atoms with E-state index in [2.05, 4.69) is 9.97 Å². The van der Waals surface area contributed by atoms with Crippen LogP contribution in [-0.2, 0) is 0 Å². The van der Waals surface area contributed by atoms with Crippen molar-refractivity contribution in [3.05, 3.63) is 60.3 Å². The maximum atomic E-state index is 11.2. The number of aldehydes is 1. The Bertz CT molecular complexity index is 708. The molecule has 0 N–H and O–H groups in total. The van der Waals surface area contributed by atoms with E-state index in [9.17, 15) is 4.79 Å². The Balaban J connectivity index is 2.29. The second-order valence-electron chi connectivity index (χ2n) is 3.95. The highest BCUT2D eigenvalue weighted by Gasteiger charge is 2.06. The molecule has 1 aromatic carbocycles. The van der Waals surface area contributed by atoms with Crippen LogP contribution in [0.3, 0.4) is 0 Å². The summed E-state index contributed by atoms with van der Waals surface area (Å²) in [5.41, 5.74) is 2.94. The van der Waals surface area contributed by atoms with Crippen molar-refractivity contribution in [1.82, 2.24) is 9.97 Å². The minimum absolute atomic E-state index is 0.640. The van der Waals surface area contributed by atoms with Gasteiger partial charge in [-0.2, -0.15) is 0 Å². The predicted octanol–water partition coefficient (Wildman–Crippen LogP) is 3.11. The second-order valence-corrected chi connectivity index (χ2v) is 3.95. The van der Waals surface area contributed by atoms with Crippen LogP contribution in [0.2, 0.25) is 0 Å². The van der Waals surface area contributed by atoms with Gasteiger partial charge < -0.3 is 0 Å². The van der Waals surface area contributed by atoms with E-state index in [-0.39, 0.29) is 0 Å². The zero-order chi connectivity index (χ0) is 12.4. The summed E-state index contributed by atoms with van der Waals surface area (Å²) < 4.78 is 0. The maximum Gasteiger partial charge on any atom is 0.150 e. The number of rotatable bonds is 2. The molecule has 3 nitrogen and oxygen atoms in total. The molecule has 0 radical (unpaired) electrons. The van der Waals surface area contributed by atoms with Crippen LogP contribution in [0.4, 0.5) is 0 Å². The van der Waals surface area contributed by atoms with Crippen LogP contribution < -0.4 is 0 Å². The molecular formula is C15H10N2O. The smallest absolute Gasteiger partial charge is 0.150 e. The van der Waals surface area contributed by atoms with E-state index in [1.54, 1.807) is 12.3 Å². The summed E-state index contributed by atoms with van der Waals surface area (Å²) in [6.07, 6.45) is 2.57. The van der Waals surface area contributed by atoms with Crippen molar-refractivity contribution in [1.29, 1.82) is 0 Å². The molecule has 0 unspecified atom stereocenters. The van der Waals surface area contributed by atoms with Crippen molar-refractivity contribution in [2.45, 2.75) is 0 Å². The topological polar surface area (TPSA) is 42.9 Å². The quantitative estimate of drug-likeness (QED) is 0.640. The molecule has 0 atom stereocenters. The number of carbonyl (C=O) groups is 1. The van der Waals surface area contributed by atoms with Gasteiger partial charge in [-0.3, -0.25) is 9.78 Å². The molecule has 0 bridgehead atoms. The first-order valence-corrected chi connectivity index (χ1v) is 5.65. The highest BCUT2D eigenvalue weighted by Crippen LogP contribution is 2.22. The lowest BCUT2D eigenvalue weighted by atomic mass is 10.1. The Morgan fingerprint density at radius 2 is 1.78 bits per heavy atom. The third kappa shape index (κ3) is 1.76. The van der Waals surface area contributed by atoms with Gasteiger partial charge in [0.15, 0.2) is 6.29 Å². The summed E-state index contributed by atoms with van der Waals surface area (Å²) in [7, 11) is 0. The van der Waals surface area contributed by atoms with Gasteiger partial charge in [0.1, 0.15) is 0 Å². The molecule has 0 saturated heterocycles. The monoisotopic (exact) mass is 234 g/mol. The Hall–Kier alpha value is -2.55. The molecule has 0 aliphatic carbocycles. The van der Waals surface area contributed by atoms with Crippen LogP contribution in [-0.4, -0.2) is 16.3 Å². The number of nitrogens with zero attached hydrogens (tertiary/aromatic N) is 2. The van der Waals surface area contributed by atoms with Gasteiger partial charge in [-0.05, 0) is 24.3 Å². The van der Waals surface area contributed by atoms with E-state index in [1.165, 1.54) is 0 Å². The van der Waals surface area contributed by atoms with Crippen LogP contribution in [0.15, 0.2) is 54.7 Å². The van der Waals surface area contributed by atoms with E-state index in [0.29, 0.717) is 5.56 Å². The van der Waals surface area contributed by atoms with Crippen LogP contribution in [0, 0.1) is 0 Å². The average Bonchev–Trinajstić information content (AvgIpc) is 2.47.